The molecule has 2 rings (SSSR count). The van der Waals surface area contributed by atoms with Crippen molar-refractivity contribution in [3.63, 3.8) is 0 Å². The van der Waals surface area contributed by atoms with Crippen molar-refractivity contribution in [2.45, 2.75) is 44.7 Å². The minimum absolute atomic E-state index is 0.769. The number of piperidine rings is 1. The number of hydrogen-bond donors (Lipinski definition) is 0. The zero-order valence-corrected chi connectivity index (χ0v) is 12.4. The Bertz CT molecular complexity index is 287. The van der Waals surface area contributed by atoms with Crippen molar-refractivity contribution < 1.29 is 0 Å². The summed E-state index contributed by atoms with van der Waals surface area (Å²) < 4.78 is 0. The fourth-order valence-electron chi connectivity index (χ4n) is 3.29. The largest absolute Gasteiger partial charge is 0.298 e. The quantitative estimate of drug-likeness (QED) is 0.557. The number of piperazine rings is 1. The number of fused-ring (bicyclic) bond motifs is 1. The van der Waals surface area contributed by atoms with E-state index in [4.69, 9.17) is 6.42 Å². The molecule has 2 aliphatic heterocycles. The average Bonchev–Trinajstić information content (AvgIpc) is 2.42. The zero-order chi connectivity index (χ0) is 12.8. The van der Waals surface area contributed by atoms with Crippen molar-refractivity contribution in [2.24, 2.45) is 0 Å². The predicted octanol–water partition coefficient (Wildman–Crippen LogP) is 2.30. The van der Waals surface area contributed by atoms with E-state index in [0.29, 0.717) is 0 Å². The minimum Gasteiger partial charge on any atom is -0.298 e. The Morgan fingerprint density at radius 1 is 1.33 bits per heavy atom. The van der Waals surface area contributed by atoms with Crippen LogP contribution in [0.2, 0.25) is 0 Å². The van der Waals surface area contributed by atoms with Gasteiger partial charge in [-0.1, -0.05) is 19.3 Å². The van der Waals surface area contributed by atoms with E-state index in [1.807, 2.05) is 11.8 Å². The summed E-state index contributed by atoms with van der Waals surface area (Å²) in [4.78, 5) is 5.46. The molecule has 2 heterocycles. The molecule has 18 heavy (non-hydrogen) atoms. The van der Waals surface area contributed by atoms with Crippen LogP contribution < -0.4 is 0 Å². The summed E-state index contributed by atoms with van der Waals surface area (Å²) in [7, 11) is 0. The number of nitrogens with zero attached hydrogens (tertiary/aromatic N) is 2. The lowest BCUT2D eigenvalue weighted by Gasteiger charge is -2.48. The van der Waals surface area contributed by atoms with Gasteiger partial charge < -0.3 is 0 Å². The van der Waals surface area contributed by atoms with Gasteiger partial charge in [0.25, 0.3) is 0 Å². The summed E-state index contributed by atoms with van der Waals surface area (Å²) in [5, 5.41) is 0. The van der Waals surface area contributed by atoms with Crippen LogP contribution in [0.3, 0.4) is 0 Å². The number of hydrogen-bond acceptors (Lipinski definition) is 3. The molecular weight excluding hydrogens is 240 g/mol. The van der Waals surface area contributed by atoms with Crippen molar-refractivity contribution >= 4 is 11.8 Å². The van der Waals surface area contributed by atoms with Crippen LogP contribution in [0.15, 0.2) is 0 Å². The molecule has 0 aromatic carbocycles. The van der Waals surface area contributed by atoms with Gasteiger partial charge in [-0.3, -0.25) is 9.80 Å². The Kier molecular flexibility index (Phi) is 5.88. The Morgan fingerprint density at radius 3 is 3.00 bits per heavy atom. The molecule has 2 nitrogen and oxygen atoms in total. The molecule has 2 aliphatic rings. The molecule has 2 unspecified atom stereocenters. The highest BCUT2D eigenvalue weighted by molar-refractivity contribution is 7.99. The summed E-state index contributed by atoms with van der Waals surface area (Å²) in [6.07, 6.45) is 10.8. The third kappa shape index (κ3) is 3.66. The summed E-state index contributed by atoms with van der Waals surface area (Å²) in [6.45, 7) is 7.46. The van der Waals surface area contributed by atoms with E-state index >= 15 is 0 Å². The average molecular weight is 266 g/mol. The van der Waals surface area contributed by atoms with Gasteiger partial charge >= 0.3 is 0 Å². The summed E-state index contributed by atoms with van der Waals surface area (Å²) in [5.41, 5.74) is 0. The number of thioether (sulfide) groups is 1. The monoisotopic (exact) mass is 266 g/mol. The van der Waals surface area contributed by atoms with Crippen LogP contribution in [0.25, 0.3) is 0 Å². The molecule has 3 heteroatoms. The van der Waals surface area contributed by atoms with E-state index in [1.54, 1.807) is 0 Å². The van der Waals surface area contributed by atoms with Crippen molar-refractivity contribution in [1.82, 2.24) is 9.80 Å². The summed E-state index contributed by atoms with van der Waals surface area (Å²) in [5.74, 6) is 4.76. The second-order valence-corrected chi connectivity index (χ2v) is 6.56. The van der Waals surface area contributed by atoms with Crippen molar-refractivity contribution in [3.8, 4) is 12.3 Å². The van der Waals surface area contributed by atoms with Gasteiger partial charge in [-0.05, 0) is 25.8 Å². The molecule has 0 aromatic rings. The van der Waals surface area contributed by atoms with Crippen LogP contribution in [-0.2, 0) is 0 Å². The smallest absolute Gasteiger partial charge is 0.0545 e. The van der Waals surface area contributed by atoms with Crippen LogP contribution in [-0.4, -0.2) is 59.6 Å². The molecule has 102 valence electrons. The molecule has 0 amide bonds. The standard InChI is InChI=1S/C15H26N2S/c1-3-10-18-11-9-17-13-15-7-5-6-8-16(15)12-14(17)4-2/h1,14-15H,4-13H2,2H3. The van der Waals surface area contributed by atoms with Gasteiger partial charge in [0, 0.05) is 37.5 Å². The second-order valence-electron chi connectivity index (χ2n) is 5.46. The highest BCUT2D eigenvalue weighted by atomic mass is 32.2. The maximum absolute atomic E-state index is 5.30. The van der Waals surface area contributed by atoms with Crippen LogP contribution >= 0.6 is 11.8 Å². The lowest BCUT2D eigenvalue weighted by Crippen LogP contribution is -2.59. The van der Waals surface area contributed by atoms with E-state index in [2.05, 4.69) is 22.6 Å². The highest BCUT2D eigenvalue weighted by Gasteiger charge is 2.33. The highest BCUT2D eigenvalue weighted by Crippen LogP contribution is 2.25. The van der Waals surface area contributed by atoms with E-state index < -0.39 is 0 Å². The first kappa shape index (κ1) is 14.2. The van der Waals surface area contributed by atoms with Crippen LogP contribution in [0, 0.1) is 12.3 Å². The van der Waals surface area contributed by atoms with Gasteiger partial charge in [0.05, 0.1) is 5.75 Å². The number of terminal acetylenes is 1. The zero-order valence-electron chi connectivity index (χ0n) is 11.6. The maximum Gasteiger partial charge on any atom is 0.0545 e. The molecule has 0 aliphatic carbocycles. The molecule has 2 saturated heterocycles. The van der Waals surface area contributed by atoms with Gasteiger partial charge in [-0.25, -0.2) is 0 Å². The lowest BCUT2D eigenvalue weighted by atomic mass is 9.96. The summed E-state index contributed by atoms with van der Waals surface area (Å²) >= 11 is 1.90. The molecule has 0 bridgehead atoms. The van der Waals surface area contributed by atoms with Gasteiger partial charge in [-0.15, -0.1) is 18.2 Å². The molecule has 0 aromatic heterocycles. The first-order valence-electron chi connectivity index (χ1n) is 7.34. The van der Waals surface area contributed by atoms with E-state index in [0.717, 1.165) is 17.8 Å². The third-order valence-electron chi connectivity index (χ3n) is 4.34. The van der Waals surface area contributed by atoms with Crippen molar-refractivity contribution in [3.05, 3.63) is 0 Å². The second kappa shape index (κ2) is 7.43. The normalized spacial score (nSPS) is 29.8. The van der Waals surface area contributed by atoms with E-state index in [1.165, 1.54) is 57.6 Å². The summed E-state index contributed by atoms with van der Waals surface area (Å²) in [6, 6.07) is 1.60. The first-order valence-corrected chi connectivity index (χ1v) is 8.50. The molecule has 2 atom stereocenters. The molecule has 0 N–H and O–H groups in total. The van der Waals surface area contributed by atoms with Gasteiger partial charge in [0.2, 0.25) is 0 Å². The van der Waals surface area contributed by atoms with E-state index in [-0.39, 0.29) is 0 Å². The molecular formula is C15H26N2S. The SMILES string of the molecule is C#CCSCCN1CC2CCCCN2CC1CC. The van der Waals surface area contributed by atoms with Gasteiger partial charge in [0.15, 0.2) is 0 Å². The Hall–Kier alpha value is -0.170. The third-order valence-corrected chi connectivity index (χ3v) is 5.18. The van der Waals surface area contributed by atoms with Crippen molar-refractivity contribution in [2.75, 3.05) is 37.7 Å². The fourth-order valence-corrected chi connectivity index (χ4v) is 3.91. The predicted molar refractivity (Wildman–Crippen MR) is 81.0 cm³/mol. The molecule has 0 radical (unpaired) electrons. The van der Waals surface area contributed by atoms with E-state index in [9.17, 15) is 0 Å². The Labute approximate surface area is 116 Å². The fraction of sp³-hybridized carbons (Fsp3) is 0.867. The first-order chi connectivity index (χ1) is 8.85. The van der Waals surface area contributed by atoms with Crippen molar-refractivity contribution in [1.29, 1.82) is 0 Å². The van der Waals surface area contributed by atoms with Gasteiger partial charge in [0.1, 0.15) is 0 Å². The van der Waals surface area contributed by atoms with Gasteiger partial charge in [-0.2, -0.15) is 0 Å². The minimum atomic E-state index is 0.769. The van der Waals surface area contributed by atoms with Crippen LogP contribution in [0.4, 0.5) is 0 Å². The maximum atomic E-state index is 5.30. The number of rotatable bonds is 5. The molecule has 0 spiro atoms. The Balaban J connectivity index is 1.82. The van der Waals surface area contributed by atoms with Crippen LogP contribution in [0.5, 0.6) is 0 Å². The lowest BCUT2D eigenvalue weighted by molar-refractivity contribution is 0.0111. The molecule has 2 fully saturated rings. The van der Waals surface area contributed by atoms with Crippen LogP contribution in [0.1, 0.15) is 32.6 Å². The topological polar surface area (TPSA) is 6.48 Å². The molecule has 0 saturated carbocycles. The Morgan fingerprint density at radius 2 is 2.22 bits per heavy atom.